The second kappa shape index (κ2) is 6.41. The van der Waals surface area contributed by atoms with E-state index in [1.54, 1.807) is 6.33 Å². The SMILES string of the molecule is Cc1cccc2c1CN(c1cccc([C@H](C)Cc3ncnn3C)c1)C2=O. The molecular formula is C21H22N4O. The summed E-state index contributed by atoms with van der Waals surface area (Å²) >= 11 is 0. The van der Waals surface area contributed by atoms with Crippen molar-refractivity contribution in [1.82, 2.24) is 14.8 Å². The molecule has 0 N–H and O–H groups in total. The number of aryl methyl sites for hydroxylation is 2. The maximum atomic E-state index is 12.8. The van der Waals surface area contributed by atoms with Crippen LogP contribution in [0.2, 0.25) is 0 Å². The van der Waals surface area contributed by atoms with Gasteiger partial charge in [-0.15, -0.1) is 0 Å². The number of rotatable bonds is 4. The molecule has 5 nitrogen and oxygen atoms in total. The normalized spacial score (nSPS) is 14.6. The first-order valence-electron chi connectivity index (χ1n) is 8.88. The molecule has 1 amide bonds. The highest BCUT2D eigenvalue weighted by atomic mass is 16.2. The molecule has 4 rings (SSSR count). The smallest absolute Gasteiger partial charge is 0.258 e. The van der Waals surface area contributed by atoms with Gasteiger partial charge in [-0.1, -0.05) is 31.2 Å². The Kier molecular flexibility index (Phi) is 4.07. The van der Waals surface area contributed by atoms with Gasteiger partial charge in [0.2, 0.25) is 0 Å². The number of hydrogen-bond acceptors (Lipinski definition) is 3. The number of anilines is 1. The van der Waals surface area contributed by atoms with Gasteiger partial charge in [-0.2, -0.15) is 5.10 Å². The third-order valence-electron chi connectivity index (χ3n) is 5.25. The second-order valence-electron chi connectivity index (χ2n) is 6.99. The largest absolute Gasteiger partial charge is 0.304 e. The van der Waals surface area contributed by atoms with Crippen molar-refractivity contribution in [3.05, 3.63) is 76.9 Å². The molecule has 1 aromatic heterocycles. The van der Waals surface area contributed by atoms with Crippen LogP contribution in [0.4, 0.5) is 5.69 Å². The van der Waals surface area contributed by atoms with Crippen LogP contribution in [-0.4, -0.2) is 20.7 Å². The lowest BCUT2D eigenvalue weighted by Gasteiger charge is -2.19. The molecule has 1 atom stereocenters. The molecule has 1 aliphatic rings. The van der Waals surface area contributed by atoms with Gasteiger partial charge in [0.1, 0.15) is 12.2 Å². The molecule has 0 spiro atoms. The monoisotopic (exact) mass is 346 g/mol. The molecule has 0 saturated carbocycles. The number of amides is 1. The van der Waals surface area contributed by atoms with E-state index in [-0.39, 0.29) is 5.91 Å². The lowest BCUT2D eigenvalue weighted by atomic mass is 9.97. The average molecular weight is 346 g/mol. The van der Waals surface area contributed by atoms with E-state index in [1.807, 2.05) is 40.9 Å². The number of fused-ring (bicyclic) bond motifs is 1. The third-order valence-corrected chi connectivity index (χ3v) is 5.25. The van der Waals surface area contributed by atoms with E-state index in [2.05, 4.69) is 42.1 Å². The summed E-state index contributed by atoms with van der Waals surface area (Å²) in [6, 6.07) is 14.2. The number of aromatic nitrogens is 3. The summed E-state index contributed by atoms with van der Waals surface area (Å²) in [6.45, 7) is 4.88. The Morgan fingerprint density at radius 3 is 2.73 bits per heavy atom. The molecule has 2 heterocycles. The standard InChI is InChI=1S/C21H22N4O/c1-14-6-4-9-18-19(14)12-25(21(18)26)17-8-5-7-16(11-17)15(2)10-20-22-13-23-24(20)3/h4-9,11,13,15H,10,12H2,1-3H3/t15-/m1/s1. The van der Waals surface area contributed by atoms with E-state index in [0.717, 1.165) is 29.1 Å². The predicted octanol–water partition coefficient (Wildman–Crippen LogP) is 3.63. The quantitative estimate of drug-likeness (QED) is 0.725. The van der Waals surface area contributed by atoms with Crippen molar-refractivity contribution in [1.29, 1.82) is 0 Å². The molecule has 2 aromatic carbocycles. The van der Waals surface area contributed by atoms with E-state index in [1.165, 1.54) is 11.1 Å². The van der Waals surface area contributed by atoms with Gasteiger partial charge in [-0.3, -0.25) is 9.48 Å². The minimum absolute atomic E-state index is 0.0850. The first-order valence-corrected chi connectivity index (χ1v) is 8.88. The van der Waals surface area contributed by atoms with Crippen LogP contribution < -0.4 is 4.90 Å². The van der Waals surface area contributed by atoms with Gasteiger partial charge in [-0.05, 0) is 47.7 Å². The van der Waals surface area contributed by atoms with Crippen LogP contribution in [0.25, 0.3) is 0 Å². The summed E-state index contributed by atoms with van der Waals surface area (Å²) in [5.74, 6) is 1.34. The first kappa shape index (κ1) is 16.5. The van der Waals surface area contributed by atoms with Crippen LogP contribution >= 0.6 is 0 Å². The van der Waals surface area contributed by atoms with Crippen LogP contribution in [0, 0.1) is 6.92 Å². The van der Waals surface area contributed by atoms with Crippen LogP contribution in [0.1, 0.15) is 45.7 Å². The molecule has 0 radical (unpaired) electrons. The molecule has 1 aliphatic heterocycles. The minimum Gasteiger partial charge on any atom is -0.304 e. The summed E-state index contributed by atoms with van der Waals surface area (Å²) in [5, 5.41) is 4.14. The van der Waals surface area contributed by atoms with Crippen molar-refractivity contribution in [2.24, 2.45) is 7.05 Å². The Bertz CT molecular complexity index is 976. The number of carbonyl (C=O) groups is 1. The van der Waals surface area contributed by atoms with Crippen LogP contribution in [0.15, 0.2) is 48.8 Å². The zero-order valence-corrected chi connectivity index (χ0v) is 15.3. The molecule has 3 aromatic rings. The Morgan fingerprint density at radius 2 is 2.00 bits per heavy atom. The van der Waals surface area contributed by atoms with Gasteiger partial charge in [0.15, 0.2) is 0 Å². The maximum absolute atomic E-state index is 12.8. The fourth-order valence-electron chi connectivity index (χ4n) is 3.59. The van der Waals surface area contributed by atoms with E-state index in [4.69, 9.17) is 0 Å². The van der Waals surface area contributed by atoms with E-state index in [9.17, 15) is 4.79 Å². The van der Waals surface area contributed by atoms with E-state index in [0.29, 0.717) is 12.5 Å². The molecular weight excluding hydrogens is 324 g/mol. The highest BCUT2D eigenvalue weighted by Gasteiger charge is 2.29. The minimum atomic E-state index is 0.0850. The van der Waals surface area contributed by atoms with Gasteiger partial charge < -0.3 is 4.90 Å². The summed E-state index contributed by atoms with van der Waals surface area (Å²) in [4.78, 5) is 19.0. The predicted molar refractivity (Wildman–Crippen MR) is 101 cm³/mol. The van der Waals surface area contributed by atoms with Crippen molar-refractivity contribution >= 4 is 11.6 Å². The Morgan fingerprint density at radius 1 is 1.19 bits per heavy atom. The van der Waals surface area contributed by atoms with Gasteiger partial charge >= 0.3 is 0 Å². The van der Waals surface area contributed by atoms with Gasteiger partial charge in [0.25, 0.3) is 5.91 Å². The van der Waals surface area contributed by atoms with Crippen molar-refractivity contribution < 1.29 is 4.79 Å². The second-order valence-corrected chi connectivity index (χ2v) is 6.99. The lowest BCUT2D eigenvalue weighted by Crippen LogP contribution is -2.23. The Hall–Kier alpha value is -2.95. The molecule has 5 heteroatoms. The van der Waals surface area contributed by atoms with Crippen molar-refractivity contribution in [3.8, 4) is 0 Å². The van der Waals surface area contributed by atoms with Gasteiger partial charge in [0, 0.05) is 24.7 Å². The van der Waals surface area contributed by atoms with Crippen LogP contribution in [0.3, 0.4) is 0 Å². The van der Waals surface area contributed by atoms with Crippen LogP contribution in [-0.2, 0) is 20.0 Å². The highest BCUT2D eigenvalue weighted by molar-refractivity contribution is 6.10. The third kappa shape index (κ3) is 2.79. The van der Waals surface area contributed by atoms with Crippen molar-refractivity contribution in [3.63, 3.8) is 0 Å². The summed E-state index contributed by atoms with van der Waals surface area (Å²) in [6.07, 6.45) is 2.40. The molecule has 132 valence electrons. The van der Waals surface area contributed by atoms with Gasteiger partial charge in [0.05, 0.1) is 6.54 Å². The fourth-order valence-corrected chi connectivity index (χ4v) is 3.59. The fraction of sp³-hybridized carbons (Fsp3) is 0.286. The summed E-state index contributed by atoms with van der Waals surface area (Å²) in [5.41, 5.74) is 5.28. The lowest BCUT2D eigenvalue weighted by molar-refractivity contribution is 0.0996. The summed E-state index contributed by atoms with van der Waals surface area (Å²) in [7, 11) is 1.91. The first-order chi connectivity index (χ1) is 12.5. The number of hydrogen-bond donors (Lipinski definition) is 0. The molecule has 26 heavy (non-hydrogen) atoms. The van der Waals surface area contributed by atoms with E-state index < -0.39 is 0 Å². The zero-order valence-electron chi connectivity index (χ0n) is 15.3. The van der Waals surface area contributed by atoms with Crippen molar-refractivity contribution in [2.45, 2.75) is 32.7 Å². The highest BCUT2D eigenvalue weighted by Crippen LogP contribution is 2.32. The molecule has 0 fully saturated rings. The van der Waals surface area contributed by atoms with Gasteiger partial charge in [-0.25, -0.2) is 4.98 Å². The van der Waals surface area contributed by atoms with Crippen LogP contribution in [0.5, 0.6) is 0 Å². The number of nitrogens with zero attached hydrogens (tertiary/aromatic N) is 4. The van der Waals surface area contributed by atoms with Crippen molar-refractivity contribution in [2.75, 3.05) is 4.90 Å². The Balaban J connectivity index is 1.60. The molecule has 0 unspecified atom stereocenters. The molecule has 0 saturated heterocycles. The average Bonchev–Trinajstić information content (AvgIpc) is 3.20. The zero-order chi connectivity index (χ0) is 18.3. The topological polar surface area (TPSA) is 51.0 Å². The Labute approximate surface area is 153 Å². The molecule has 0 bridgehead atoms. The number of benzene rings is 2. The number of carbonyl (C=O) groups excluding carboxylic acids is 1. The molecule has 0 aliphatic carbocycles. The maximum Gasteiger partial charge on any atom is 0.258 e. The summed E-state index contributed by atoms with van der Waals surface area (Å²) < 4.78 is 1.81. The van der Waals surface area contributed by atoms with E-state index >= 15 is 0 Å².